The van der Waals surface area contributed by atoms with Crippen LogP contribution in [0.25, 0.3) is 38.8 Å². The fraction of sp³-hybridized carbons (Fsp3) is 0.148. The molecule has 0 fully saturated rings. The lowest BCUT2D eigenvalue weighted by atomic mass is 9.88. The Morgan fingerprint density at radius 2 is 1.53 bits per heavy atom. The largest absolute Gasteiger partial charge is 0.508 e. The summed E-state index contributed by atoms with van der Waals surface area (Å²) in [6, 6.07) is 26.7. The van der Waals surface area contributed by atoms with E-state index in [2.05, 4.69) is 84.9 Å². The van der Waals surface area contributed by atoms with Crippen molar-refractivity contribution in [2.45, 2.75) is 26.2 Å². The van der Waals surface area contributed by atoms with Crippen molar-refractivity contribution in [1.29, 1.82) is 0 Å². The van der Waals surface area contributed by atoms with Gasteiger partial charge in [0.25, 0.3) is 0 Å². The van der Waals surface area contributed by atoms with Crippen molar-refractivity contribution >= 4 is 21.8 Å². The van der Waals surface area contributed by atoms with Gasteiger partial charge >= 0.3 is 0 Å². The fourth-order valence-corrected chi connectivity index (χ4v) is 4.07. The molecular formula is C27H24N2O. The zero-order valence-electron chi connectivity index (χ0n) is 17.4. The quantitative estimate of drug-likeness (QED) is 0.357. The van der Waals surface area contributed by atoms with E-state index in [0.717, 1.165) is 27.6 Å². The monoisotopic (exact) mass is 392 g/mol. The number of phenolic OH excluding ortho intramolecular Hbond substituents is 1. The van der Waals surface area contributed by atoms with Crippen LogP contribution in [0.1, 0.15) is 26.3 Å². The maximum Gasteiger partial charge on any atom is 0.137 e. The Morgan fingerprint density at radius 1 is 0.733 bits per heavy atom. The van der Waals surface area contributed by atoms with E-state index in [-0.39, 0.29) is 11.2 Å². The highest BCUT2D eigenvalue weighted by molar-refractivity contribution is 6.10. The van der Waals surface area contributed by atoms with Gasteiger partial charge in [-0.2, -0.15) is 0 Å². The molecule has 30 heavy (non-hydrogen) atoms. The van der Waals surface area contributed by atoms with Crippen molar-refractivity contribution in [3.05, 3.63) is 90.6 Å². The SMILES string of the molecule is CC(C)(C)c1ccnc(-n2c3ccc(-c4ccccc4)cc3c3ccc(O)cc32)c1. The van der Waals surface area contributed by atoms with Gasteiger partial charge in [0, 0.05) is 23.0 Å². The van der Waals surface area contributed by atoms with Crippen LogP contribution in [0.5, 0.6) is 5.75 Å². The minimum Gasteiger partial charge on any atom is -0.508 e. The lowest BCUT2D eigenvalue weighted by Crippen LogP contribution is -2.12. The fourth-order valence-electron chi connectivity index (χ4n) is 4.07. The van der Waals surface area contributed by atoms with E-state index >= 15 is 0 Å². The maximum absolute atomic E-state index is 10.2. The molecule has 0 bridgehead atoms. The Kier molecular flexibility index (Phi) is 4.14. The summed E-state index contributed by atoms with van der Waals surface area (Å²) >= 11 is 0. The molecule has 0 spiro atoms. The molecule has 5 aromatic rings. The van der Waals surface area contributed by atoms with E-state index < -0.39 is 0 Å². The highest BCUT2D eigenvalue weighted by Crippen LogP contribution is 2.36. The van der Waals surface area contributed by atoms with Gasteiger partial charge in [-0.1, -0.05) is 57.2 Å². The lowest BCUT2D eigenvalue weighted by molar-refractivity contribution is 0.476. The molecule has 0 aliphatic rings. The van der Waals surface area contributed by atoms with E-state index in [1.54, 1.807) is 6.07 Å². The topological polar surface area (TPSA) is 38.0 Å². The van der Waals surface area contributed by atoms with Crippen LogP contribution in [0.3, 0.4) is 0 Å². The number of fused-ring (bicyclic) bond motifs is 3. The number of hydrogen-bond donors (Lipinski definition) is 1. The predicted molar refractivity (Wildman–Crippen MR) is 124 cm³/mol. The number of rotatable bonds is 2. The lowest BCUT2D eigenvalue weighted by Gasteiger charge is -2.20. The molecule has 0 atom stereocenters. The van der Waals surface area contributed by atoms with E-state index in [9.17, 15) is 5.11 Å². The number of nitrogens with zero attached hydrogens (tertiary/aromatic N) is 2. The van der Waals surface area contributed by atoms with Crippen molar-refractivity contribution in [1.82, 2.24) is 9.55 Å². The first-order chi connectivity index (χ1) is 14.4. The molecule has 1 N–H and O–H groups in total. The molecule has 0 radical (unpaired) electrons. The Hall–Kier alpha value is -3.59. The summed E-state index contributed by atoms with van der Waals surface area (Å²) in [5, 5.41) is 12.5. The average molecular weight is 393 g/mol. The Balaban J connectivity index is 1.82. The summed E-state index contributed by atoms with van der Waals surface area (Å²) in [6.07, 6.45) is 1.87. The maximum atomic E-state index is 10.2. The first-order valence-corrected chi connectivity index (χ1v) is 10.2. The minimum atomic E-state index is 0.0269. The molecule has 3 aromatic carbocycles. The van der Waals surface area contributed by atoms with Gasteiger partial charge in [0.2, 0.25) is 0 Å². The van der Waals surface area contributed by atoms with E-state index in [1.165, 1.54) is 16.7 Å². The molecular weight excluding hydrogens is 368 g/mol. The molecule has 3 heteroatoms. The Labute approximate surface area is 176 Å². The van der Waals surface area contributed by atoms with Gasteiger partial charge in [0.15, 0.2) is 0 Å². The van der Waals surface area contributed by atoms with Crippen LogP contribution in [0, 0.1) is 0 Å². The number of hydrogen-bond acceptors (Lipinski definition) is 2. The summed E-state index contributed by atoms with van der Waals surface area (Å²) < 4.78 is 2.15. The van der Waals surface area contributed by atoms with Crippen LogP contribution in [0.2, 0.25) is 0 Å². The molecule has 2 aromatic heterocycles. The van der Waals surface area contributed by atoms with Gasteiger partial charge in [-0.25, -0.2) is 4.98 Å². The molecule has 0 aliphatic heterocycles. The standard InChI is InChI=1S/C27H24N2O/c1-27(2,3)20-13-14-28-26(16-20)29-24-12-9-19(18-7-5-4-6-8-18)15-23(24)22-11-10-21(30)17-25(22)29/h4-17,30H,1-3H3. The number of aromatic nitrogens is 2. The van der Waals surface area contributed by atoms with E-state index in [4.69, 9.17) is 0 Å². The zero-order valence-corrected chi connectivity index (χ0v) is 17.4. The van der Waals surface area contributed by atoms with Crippen LogP contribution in [-0.2, 0) is 5.41 Å². The van der Waals surface area contributed by atoms with Crippen LogP contribution in [0.4, 0.5) is 0 Å². The van der Waals surface area contributed by atoms with E-state index in [0.29, 0.717) is 0 Å². The van der Waals surface area contributed by atoms with Crippen molar-refractivity contribution in [3.63, 3.8) is 0 Å². The van der Waals surface area contributed by atoms with Gasteiger partial charge in [0.05, 0.1) is 11.0 Å². The first-order valence-electron chi connectivity index (χ1n) is 10.2. The van der Waals surface area contributed by atoms with Gasteiger partial charge in [0.1, 0.15) is 11.6 Å². The Morgan fingerprint density at radius 3 is 2.30 bits per heavy atom. The van der Waals surface area contributed by atoms with Crippen molar-refractivity contribution < 1.29 is 5.11 Å². The molecule has 3 nitrogen and oxygen atoms in total. The third-order valence-electron chi connectivity index (χ3n) is 5.70. The third kappa shape index (κ3) is 3.03. The van der Waals surface area contributed by atoms with Gasteiger partial charge in [-0.05, 0) is 58.5 Å². The molecule has 148 valence electrons. The predicted octanol–water partition coefficient (Wildman–Crippen LogP) is 6.85. The smallest absolute Gasteiger partial charge is 0.137 e. The second-order valence-electron chi connectivity index (χ2n) is 8.79. The molecule has 0 amide bonds. The molecule has 2 heterocycles. The number of pyridine rings is 1. The molecule has 0 unspecified atom stereocenters. The van der Waals surface area contributed by atoms with Crippen LogP contribution >= 0.6 is 0 Å². The normalized spacial score (nSPS) is 12.0. The summed E-state index contributed by atoms with van der Waals surface area (Å²) in [5.41, 5.74) is 5.64. The Bertz CT molecular complexity index is 1380. The van der Waals surface area contributed by atoms with Gasteiger partial charge in [-0.3, -0.25) is 4.57 Å². The van der Waals surface area contributed by atoms with Crippen LogP contribution < -0.4 is 0 Å². The van der Waals surface area contributed by atoms with Crippen molar-refractivity contribution in [3.8, 4) is 22.7 Å². The molecule has 0 saturated carbocycles. The van der Waals surface area contributed by atoms with Gasteiger partial charge in [-0.15, -0.1) is 0 Å². The van der Waals surface area contributed by atoms with Gasteiger partial charge < -0.3 is 5.11 Å². The second kappa shape index (κ2) is 6.74. The van der Waals surface area contributed by atoms with E-state index in [1.807, 2.05) is 24.4 Å². The van der Waals surface area contributed by atoms with Crippen molar-refractivity contribution in [2.75, 3.05) is 0 Å². The molecule has 5 rings (SSSR count). The summed E-state index contributed by atoms with van der Waals surface area (Å²) in [5.74, 6) is 1.11. The highest BCUT2D eigenvalue weighted by atomic mass is 16.3. The highest BCUT2D eigenvalue weighted by Gasteiger charge is 2.18. The van der Waals surface area contributed by atoms with Crippen LogP contribution in [-0.4, -0.2) is 14.7 Å². The third-order valence-corrected chi connectivity index (χ3v) is 5.70. The van der Waals surface area contributed by atoms with Crippen molar-refractivity contribution in [2.24, 2.45) is 0 Å². The number of phenols is 1. The summed E-state index contributed by atoms with van der Waals surface area (Å²) in [7, 11) is 0. The second-order valence-corrected chi connectivity index (χ2v) is 8.79. The zero-order chi connectivity index (χ0) is 20.9. The molecule has 0 aliphatic carbocycles. The number of benzene rings is 3. The summed E-state index contributed by atoms with van der Waals surface area (Å²) in [4.78, 5) is 4.69. The average Bonchev–Trinajstić information content (AvgIpc) is 3.06. The number of aromatic hydroxyl groups is 1. The summed E-state index contributed by atoms with van der Waals surface area (Å²) in [6.45, 7) is 6.61. The molecule has 0 saturated heterocycles. The first kappa shape index (κ1) is 18.4. The van der Waals surface area contributed by atoms with Crippen LogP contribution in [0.15, 0.2) is 85.1 Å². The minimum absolute atomic E-state index is 0.0269.